The molecule has 20 heavy (non-hydrogen) atoms. The third kappa shape index (κ3) is 2.30. The summed E-state index contributed by atoms with van der Waals surface area (Å²) in [6.45, 7) is 0. The summed E-state index contributed by atoms with van der Waals surface area (Å²) in [5.74, 6) is 0.623. The molecule has 0 atom stereocenters. The van der Waals surface area contributed by atoms with Crippen molar-refractivity contribution in [3.05, 3.63) is 47.2 Å². The molecule has 0 aliphatic heterocycles. The van der Waals surface area contributed by atoms with E-state index in [1.807, 2.05) is 6.07 Å². The lowest BCUT2D eigenvalue weighted by Gasteiger charge is -2.16. The van der Waals surface area contributed by atoms with Crippen molar-refractivity contribution in [2.45, 2.75) is 25.7 Å². The molecule has 0 saturated heterocycles. The molecule has 100 valence electrons. The highest BCUT2D eigenvalue weighted by Gasteiger charge is 2.17. The van der Waals surface area contributed by atoms with Gasteiger partial charge in [-0.05, 0) is 49.4 Å². The topological polar surface area (TPSA) is 66.1 Å². The van der Waals surface area contributed by atoms with E-state index in [0.29, 0.717) is 11.3 Å². The molecule has 4 heteroatoms. The number of nitrogens with zero attached hydrogens (tertiary/aromatic N) is 2. The van der Waals surface area contributed by atoms with Gasteiger partial charge in [0.05, 0.1) is 0 Å². The maximum absolute atomic E-state index is 9.74. The van der Waals surface area contributed by atoms with E-state index >= 15 is 0 Å². The molecule has 2 aromatic rings. The Bertz CT molecular complexity index is 689. The molecule has 0 bridgehead atoms. The molecule has 1 aromatic carbocycles. The average Bonchev–Trinajstić information content (AvgIpc) is 2.49. The molecule has 4 nitrogen and oxygen atoms in total. The Morgan fingerprint density at radius 2 is 2.00 bits per heavy atom. The summed E-state index contributed by atoms with van der Waals surface area (Å²) in [5.41, 5.74) is 2.55. The Morgan fingerprint density at radius 3 is 2.80 bits per heavy atom. The van der Waals surface area contributed by atoms with Gasteiger partial charge in [-0.1, -0.05) is 12.1 Å². The van der Waals surface area contributed by atoms with Gasteiger partial charge in [-0.25, -0.2) is 4.98 Å². The molecule has 1 N–H and O–H groups in total. The van der Waals surface area contributed by atoms with Crippen LogP contribution in [0.2, 0.25) is 0 Å². The molecule has 0 amide bonds. The summed E-state index contributed by atoms with van der Waals surface area (Å²) in [6, 6.07) is 10.6. The van der Waals surface area contributed by atoms with Crippen LogP contribution in [-0.4, -0.2) is 10.1 Å². The Kier molecular flexibility index (Phi) is 3.26. The van der Waals surface area contributed by atoms with Crippen LogP contribution in [0, 0.1) is 11.3 Å². The van der Waals surface area contributed by atoms with Crippen LogP contribution >= 0.6 is 0 Å². The van der Waals surface area contributed by atoms with Gasteiger partial charge in [0.2, 0.25) is 5.88 Å². The molecular formula is C16H14N2O2. The lowest BCUT2D eigenvalue weighted by atomic mass is 9.95. The summed E-state index contributed by atoms with van der Waals surface area (Å²) in [5, 5.41) is 19.0. The minimum atomic E-state index is 0.0379. The maximum Gasteiger partial charge on any atom is 0.237 e. The first-order valence-electron chi connectivity index (χ1n) is 6.66. The van der Waals surface area contributed by atoms with Crippen molar-refractivity contribution in [1.29, 1.82) is 5.26 Å². The predicted octanol–water partition coefficient (Wildman–Crippen LogP) is 3.33. The molecule has 1 aliphatic carbocycles. The third-order valence-corrected chi connectivity index (χ3v) is 3.46. The van der Waals surface area contributed by atoms with E-state index in [4.69, 9.17) is 4.74 Å². The smallest absolute Gasteiger partial charge is 0.237 e. The van der Waals surface area contributed by atoms with Crippen molar-refractivity contribution in [3.8, 4) is 23.4 Å². The van der Waals surface area contributed by atoms with Gasteiger partial charge in [0, 0.05) is 5.69 Å². The average molecular weight is 266 g/mol. The molecule has 0 spiro atoms. The van der Waals surface area contributed by atoms with Gasteiger partial charge < -0.3 is 9.84 Å². The maximum atomic E-state index is 9.74. The minimum Gasteiger partial charge on any atom is -0.504 e. The molecule has 1 aliphatic rings. The number of rotatable bonds is 2. The first kappa shape index (κ1) is 12.5. The minimum absolute atomic E-state index is 0.0379. The van der Waals surface area contributed by atoms with Crippen molar-refractivity contribution < 1.29 is 9.84 Å². The zero-order chi connectivity index (χ0) is 13.9. The van der Waals surface area contributed by atoms with Crippen molar-refractivity contribution in [2.75, 3.05) is 0 Å². The fourth-order valence-corrected chi connectivity index (χ4v) is 2.42. The summed E-state index contributed by atoms with van der Waals surface area (Å²) in [4.78, 5) is 4.46. The highest BCUT2D eigenvalue weighted by Crippen LogP contribution is 2.32. The number of fused-ring (bicyclic) bond motifs is 1. The molecule has 1 aromatic heterocycles. The van der Waals surface area contributed by atoms with Crippen molar-refractivity contribution in [3.63, 3.8) is 0 Å². The summed E-state index contributed by atoms with van der Waals surface area (Å²) >= 11 is 0. The van der Waals surface area contributed by atoms with Crippen LogP contribution in [0.15, 0.2) is 30.3 Å². The number of hydrogen-bond donors (Lipinski definition) is 1. The first-order chi connectivity index (χ1) is 9.78. The molecule has 0 unspecified atom stereocenters. The second-order valence-corrected chi connectivity index (χ2v) is 4.84. The number of aromatic nitrogens is 1. The lowest BCUT2D eigenvalue weighted by Crippen LogP contribution is -2.07. The number of pyridine rings is 1. The van der Waals surface area contributed by atoms with E-state index in [0.717, 1.165) is 36.9 Å². The molecule has 3 rings (SSSR count). The number of aryl methyl sites for hydroxylation is 2. The van der Waals surface area contributed by atoms with Crippen molar-refractivity contribution in [2.24, 2.45) is 0 Å². The van der Waals surface area contributed by atoms with Crippen LogP contribution in [0.5, 0.6) is 17.4 Å². The second-order valence-electron chi connectivity index (χ2n) is 4.84. The number of hydrogen-bond acceptors (Lipinski definition) is 4. The van der Waals surface area contributed by atoms with Crippen LogP contribution in [0.3, 0.4) is 0 Å². The fraction of sp³-hybridized carbons (Fsp3) is 0.250. The zero-order valence-electron chi connectivity index (χ0n) is 11.0. The summed E-state index contributed by atoms with van der Waals surface area (Å²) in [6.07, 6.45) is 4.13. The number of para-hydroxylation sites is 2. The quantitative estimate of drug-likeness (QED) is 0.905. The van der Waals surface area contributed by atoms with Crippen molar-refractivity contribution >= 4 is 0 Å². The van der Waals surface area contributed by atoms with Crippen LogP contribution in [0.4, 0.5) is 0 Å². The monoisotopic (exact) mass is 266 g/mol. The van der Waals surface area contributed by atoms with E-state index in [9.17, 15) is 10.4 Å². The third-order valence-electron chi connectivity index (χ3n) is 3.46. The van der Waals surface area contributed by atoms with Gasteiger partial charge in [-0.15, -0.1) is 0 Å². The Hall–Kier alpha value is -2.54. The normalized spacial score (nSPS) is 13.3. The number of phenolic OH excluding ortho intramolecular Hbond substituents is 1. The van der Waals surface area contributed by atoms with E-state index in [2.05, 4.69) is 11.1 Å². The molecule has 0 saturated carbocycles. The number of nitriles is 1. The highest BCUT2D eigenvalue weighted by atomic mass is 16.5. The number of phenols is 1. The SMILES string of the molecule is N#Cc1cc2c(nc1Oc1ccccc1O)CCCC2. The van der Waals surface area contributed by atoms with Crippen LogP contribution in [0.1, 0.15) is 29.7 Å². The lowest BCUT2D eigenvalue weighted by molar-refractivity contribution is 0.400. The van der Waals surface area contributed by atoms with Gasteiger partial charge >= 0.3 is 0 Å². The Morgan fingerprint density at radius 1 is 1.20 bits per heavy atom. The van der Waals surface area contributed by atoms with Crippen molar-refractivity contribution in [1.82, 2.24) is 4.98 Å². The van der Waals surface area contributed by atoms with Gasteiger partial charge in [-0.2, -0.15) is 5.26 Å². The summed E-state index contributed by atoms with van der Waals surface area (Å²) in [7, 11) is 0. The first-order valence-corrected chi connectivity index (χ1v) is 6.66. The number of aromatic hydroxyl groups is 1. The van der Waals surface area contributed by atoms with Crippen LogP contribution in [-0.2, 0) is 12.8 Å². The highest BCUT2D eigenvalue weighted by molar-refractivity contribution is 5.47. The molecule has 0 fully saturated rings. The van der Waals surface area contributed by atoms with Gasteiger partial charge in [0.25, 0.3) is 0 Å². The fourth-order valence-electron chi connectivity index (χ4n) is 2.42. The molecule has 0 radical (unpaired) electrons. The van der Waals surface area contributed by atoms with Crippen LogP contribution < -0.4 is 4.74 Å². The zero-order valence-corrected chi connectivity index (χ0v) is 11.0. The second kappa shape index (κ2) is 5.22. The molecule has 1 heterocycles. The van der Waals surface area contributed by atoms with Crippen LogP contribution in [0.25, 0.3) is 0 Å². The number of ether oxygens (including phenoxy) is 1. The van der Waals surface area contributed by atoms with Gasteiger partial charge in [0.15, 0.2) is 11.5 Å². The Labute approximate surface area is 117 Å². The van der Waals surface area contributed by atoms with E-state index in [1.165, 1.54) is 0 Å². The van der Waals surface area contributed by atoms with Gasteiger partial charge in [-0.3, -0.25) is 0 Å². The number of benzene rings is 1. The van der Waals surface area contributed by atoms with E-state index in [1.54, 1.807) is 24.3 Å². The van der Waals surface area contributed by atoms with E-state index in [-0.39, 0.29) is 11.6 Å². The van der Waals surface area contributed by atoms with E-state index < -0.39 is 0 Å². The predicted molar refractivity (Wildman–Crippen MR) is 73.8 cm³/mol. The standard InChI is InChI=1S/C16H14N2O2/c17-10-12-9-11-5-1-2-6-13(11)18-16(12)20-15-8-4-3-7-14(15)19/h3-4,7-9,19H,1-2,5-6H2. The summed E-state index contributed by atoms with van der Waals surface area (Å²) < 4.78 is 5.61. The Balaban J connectivity index is 2.01. The molecular weight excluding hydrogens is 252 g/mol. The largest absolute Gasteiger partial charge is 0.504 e. The van der Waals surface area contributed by atoms with Gasteiger partial charge in [0.1, 0.15) is 11.6 Å².